The van der Waals surface area contributed by atoms with E-state index in [1.165, 1.54) is 44.1 Å². The van der Waals surface area contributed by atoms with Crippen LogP contribution in [0.25, 0.3) is 49.7 Å². The molecule has 0 fully saturated rings. The average Bonchev–Trinajstić information content (AvgIpc) is 3.34. The highest BCUT2D eigenvalue weighted by Crippen LogP contribution is 2.37. The van der Waals surface area contributed by atoms with Crippen LogP contribution in [0, 0.1) is 0 Å². The van der Waals surface area contributed by atoms with Gasteiger partial charge in [0.2, 0.25) is 0 Å². The quantitative estimate of drug-likeness (QED) is 0.256. The van der Waals surface area contributed by atoms with Gasteiger partial charge in [0, 0.05) is 22.1 Å². The van der Waals surface area contributed by atoms with Crippen LogP contribution in [0.2, 0.25) is 0 Å². The van der Waals surface area contributed by atoms with Gasteiger partial charge in [0.05, 0.1) is 16.7 Å². The molecular formula is C36H26N2. The van der Waals surface area contributed by atoms with Crippen molar-refractivity contribution in [2.75, 3.05) is 5.32 Å². The fraction of sp³-hybridized carbons (Fsp3) is 0. The van der Waals surface area contributed by atoms with Crippen LogP contribution in [0.1, 0.15) is 0 Å². The van der Waals surface area contributed by atoms with Crippen LogP contribution in [0.4, 0.5) is 11.4 Å². The van der Waals surface area contributed by atoms with Crippen molar-refractivity contribution < 1.29 is 0 Å². The topological polar surface area (TPSA) is 17.0 Å². The number of para-hydroxylation sites is 2. The Hall–Kier alpha value is -5.08. The number of benzene rings is 6. The number of anilines is 2. The van der Waals surface area contributed by atoms with E-state index in [1.807, 2.05) is 6.07 Å². The van der Waals surface area contributed by atoms with E-state index in [1.54, 1.807) is 0 Å². The van der Waals surface area contributed by atoms with E-state index in [0.717, 1.165) is 17.1 Å². The highest BCUT2D eigenvalue weighted by atomic mass is 15.0. The summed E-state index contributed by atoms with van der Waals surface area (Å²) in [6.45, 7) is 0. The Morgan fingerprint density at radius 2 is 0.921 bits per heavy atom. The Labute approximate surface area is 222 Å². The molecule has 0 aliphatic heterocycles. The van der Waals surface area contributed by atoms with Crippen molar-refractivity contribution in [3.63, 3.8) is 0 Å². The first-order chi connectivity index (χ1) is 18.8. The number of aromatic nitrogens is 1. The normalized spacial score (nSPS) is 11.2. The van der Waals surface area contributed by atoms with Crippen LogP contribution in [0.15, 0.2) is 152 Å². The molecule has 1 heterocycles. The van der Waals surface area contributed by atoms with Gasteiger partial charge in [-0.3, -0.25) is 0 Å². The Morgan fingerprint density at radius 3 is 1.58 bits per heavy atom. The van der Waals surface area contributed by atoms with Gasteiger partial charge in [-0.15, -0.1) is 0 Å². The number of hydrogen-bond acceptors (Lipinski definition) is 1. The minimum absolute atomic E-state index is 1.06. The highest BCUT2D eigenvalue weighted by Gasteiger charge is 2.15. The summed E-state index contributed by atoms with van der Waals surface area (Å²) >= 11 is 0. The number of nitrogens with one attached hydrogen (secondary N) is 1. The molecule has 2 heteroatoms. The Kier molecular flexibility index (Phi) is 5.49. The minimum Gasteiger partial charge on any atom is -0.354 e. The maximum absolute atomic E-state index is 3.71. The summed E-state index contributed by atoms with van der Waals surface area (Å²) < 4.78 is 2.38. The Balaban J connectivity index is 1.33. The van der Waals surface area contributed by atoms with Gasteiger partial charge >= 0.3 is 0 Å². The molecule has 0 saturated carbocycles. The molecule has 0 spiro atoms. The van der Waals surface area contributed by atoms with Gasteiger partial charge in [0.1, 0.15) is 0 Å². The summed E-state index contributed by atoms with van der Waals surface area (Å²) in [5.41, 5.74) is 10.5. The number of hydrogen-bond donors (Lipinski definition) is 1. The molecule has 0 bridgehead atoms. The Morgan fingerprint density at radius 1 is 0.395 bits per heavy atom. The van der Waals surface area contributed by atoms with Crippen molar-refractivity contribution in [1.82, 2.24) is 4.57 Å². The van der Waals surface area contributed by atoms with Crippen molar-refractivity contribution >= 4 is 33.2 Å². The molecule has 0 radical (unpaired) electrons. The maximum atomic E-state index is 3.71. The van der Waals surface area contributed by atoms with Crippen LogP contribution in [0.5, 0.6) is 0 Å². The standard InChI is InChI=1S/C36H26N2/c1-3-10-26(11-4-1)28-18-22-30(23-19-28)37-34-16-9-15-33-32-14-7-8-17-35(32)38(36(33)34)31-24-20-29(21-25-31)27-12-5-2-6-13-27/h1-25,37H. The molecule has 0 aliphatic carbocycles. The lowest BCUT2D eigenvalue weighted by molar-refractivity contribution is 1.18. The molecule has 2 nitrogen and oxygen atoms in total. The molecule has 0 amide bonds. The molecule has 0 aliphatic rings. The van der Waals surface area contributed by atoms with E-state index < -0.39 is 0 Å². The van der Waals surface area contributed by atoms with Crippen molar-refractivity contribution in [2.45, 2.75) is 0 Å². The van der Waals surface area contributed by atoms with Crippen LogP contribution in [-0.4, -0.2) is 4.57 Å². The van der Waals surface area contributed by atoms with E-state index in [-0.39, 0.29) is 0 Å². The molecule has 0 atom stereocenters. The summed E-state index contributed by atoms with van der Waals surface area (Å²) in [4.78, 5) is 0. The zero-order valence-corrected chi connectivity index (χ0v) is 20.9. The molecule has 38 heavy (non-hydrogen) atoms. The monoisotopic (exact) mass is 486 g/mol. The lowest BCUT2D eigenvalue weighted by atomic mass is 10.1. The second-order valence-corrected chi connectivity index (χ2v) is 9.54. The lowest BCUT2D eigenvalue weighted by Gasteiger charge is -2.14. The van der Waals surface area contributed by atoms with Crippen molar-refractivity contribution in [2.24, 2.45) is 0 Å². The van der Waals surface area contributed by atoms with Gasteiger partial charge in [0.25, 0.3) is 0 Å². The molecule has 7 rings (SSSR count). The minimum atomic E-state index is 1.06. The van der Waals surface area contributed by atoms with Crippen molar-refractivity contribution in [3.8, 4) is 27.9 Å². The van der Waals surface area contributed by atoms with Gasteiger partial charge in [-0.25, -0.2) is 0 Å². The Bertz CT molecular complexity index is 1850. The predicted octanol–water partition coefficient (Wildman–Crippen LogP) is 9.86. The lowest BCUT2D eigenvalue weighted by Crippen LogP contribution is -1.98. The molecule has 7 aromatic rings. The third-order valence-corrected chi connectivity index (χ3v) is 7.20. The predicted molar refractivity (Wildman–Crippen MR) is 161 cm³/mol. The number of fused-ring (bicyclic) bond motifs is 3. The van der Waals surface area contributed by atoms with E-state index >= 15 is 0 Å². The fourth-order valence-corrected chi connectivity index (χ4v) is 5.35. The first-order valence-corrected chi connectivity index (χ1v) is 13.0. The first kappa shape index (κ1) is 22.1. The highest BCUT2D eigenvalue weighted by molar-refractivity contribution is 6.13. The first-order valence-electron chi connectivity index (χ1n) is 13.0. The summed E-state index contributed by atoms with van der Waals surface area (Å²) in [5.74, 6) is 0. The molecule has 6 aromatic carbocycles. The third kappa shape index (κ3) is 3.93. The zero-order chi connectivity index (χ0) is 25.3. The van der Waals surface area contributed by atoms with Crippen LogP contribution < -0.4 is 5.32 Å². The molecule has 180 valence electrons. The molecular weight excluding hydrogens is 460 g/mol. The fourth-order valence-electron chi connectivity index (χ4n) is 5.35. The number of rotatable bonds is 5. The largest absolute Gasteiger partial charge is 0.354 e. The smallest absolute Gasteiger partial charge is 0.0776 e. The second-order valence-electron chi connectivity index (χ2n) is 9.54. The van der Waals surface area contributed by atoms with Gasteiger partial charge in [-0.1, -0.05) is 115 Å². The third-order valence-electron chi connectivity index (χ3n) is 7.20. The van der Waals surface area contributed by atoms with E-state index in [0.29, 0.717) is 0 Å². The summed E-state index contributed by atoms with van der Waals surface area (Å²) in [6, 6.07) is 53.7. The van der Waals surface area contributed by atoms with Gasteiger partial charge < -0.3 is 9.88 Å². The van der Waals surface area contributed by atoms with E-state index in [9.17, 15) is 0 Å². The van der Waals surface area contributed by atoms with E-state index in [2.05, 4.69) is 155 Å². The van der Waals surface area contributed by atoms with Gasteiger partial charge in [0.15, 0.2) is 0 Å². The molecule has 0 saturated heterocycles. The van der Waals surface area contributed by atoms with E-state index in [4.69, 9.17) is 0 Å². The number of nitrogens with zero attached hydrogens (tertiary/aromatic N) is 1. The van der Waals surface area contributed by atoms with Crippen LogP contribution in [0.3, 0.4) is 0 Å². The second kappa shape index (κ2) is 9.42. The molecule has 1 N–H and O–H groups in total. The summed E-state index contributed by atoms with van der Waals surface area (Å²) in [5, 5.41) is 6.20. The summed E-state index contributed by atoms with van der Waals surface area (Å²) in [6.07, 6.45) is 0. The average molecular weight is 487 g/mol. The summed E-state index contributed by atoms with van der Waals surface area (Å²) in [7, 11) is 0. The maximum Gasteiger partial charge on any atom is 0.0776 e. The molecule has 1 aromatic heterocycles. The van der Waals surface area contributed by atoms with Gasteiger partial charge in [-0.05, 0) is 58.7 Å². The SMILES string of the molecule is c1ccc(-c2ccc(Nc3cccc4c5ccccc5n(-c5ccc(-c6ccccc6)cc5)c34)cc2)cc1. The van der Waals surface area contributed by atoms with Crippen molar-refractivity contribution in [1.29, 1.82) is 0 Å². The zero-order valence-electron chi connectivity index (χ0n) is 20.9. The van der Waals surface area contributed by atoms with Gasteiger partial charge in [-0.2, -0.15) is 0 Å². The van der Waals surface area contributed by atoms with Crippen molar-refractivity contribution in [3.05, 3.63) is 152 Å². The van der Waals surface area contributed by atoms with Crippen LogP contribution in [-0.2, 0) is 0 Å². The molecule has 0 unspecified atom stereocenters. The van der Waals surface area contributed by atoms with Crippen LogP contribution >= 0.6 is 0 Å².